The molecule has 206 valence electrons. The number of phenolic OH excluding ortho intramolecular Hbond substituents is 2. The molecule has 2 N–H and O–H groups in total. The van der Waals surface area contributed by atoms with Crippen LogP contribution < -0.4 is 9.64 Å². The van der Waals surface area contributed by atoms with Gasteiger partial charge in [0.1, 0.15) is 11.5 Å². The number of rotatable bonds is 5. The fourth-order valence-electron chi connectivity index (χ4n) is 5.80. The highest BCUT2D eigenvalue weighted by molar-refractivity contribution is 5.84. The number of fused-ring (bicyclic) bond motifs is 2. The largest absolute Gasteiger partial charge is 0.507 e. The summed E-state index contributed by atoms with van der Waals surface area (Å²) in [7, 11) is 0. The van der Waals surface area contributed by atoms with Crippen molar-refractivity contribution in [3.8, 4) is 45.3 Å². The molecule has 0 radical (unpaired) electrons. The Bertz CT molecular complexity index is 1440. The van der Waals surface area contributed by atoms with Crippen LogP contribution in [0, 0.1) is 27.7 Å². The number of ether oxygens (including phenoxy) is 2. The van der Waals surface area contributed by atoms with Crippen LogP contribution in [-0.2, 0) is 4.74 Å². The van der Waals surface area contributed by atoms with Crippen molar-refractivity contribution in [2.24, 2.45) is 0 Å². The lowest BCUT2D eigenvalue weighted by atomic mass is 9.97. The Labute approximate surface area is 236 Å². The lowest BCUT2D eigenvalue weighted by Gasteiger charge is -2.35. The predicted molar refractivity (Wildman–Crippen MR) is 160 cm³/mol. The van der Waals surface area contributed by atoms with Gasteiger partial charge in [-0.15, -0.1) is 0 Å². The maximum absolute atomic E-state index is 10.3. The molecule has 2 aliphatic rings. The quantitative estimate of drug-likeness (QED) is 0.280. The van der Waals surface area contributed by atoms with E-state index in [1.807, 2.05) is 52.0 Å². The summed E-state index contributed by atoms with van der Waals surface area (Å²) in [6.07, 6.45) is 0. The first-order valence-electron chi connectivity index (χ1n) is 13.9. The summed E-state index contributed by atoms with van der Waals surface area (Å²) in [6.45, 7) is 12.9. The average Bonchev–Trinajstić information content (AvgIpc) is 2.96. The molecule has 2 aliphatic heterocycles. The molecule has 2 heterocycles. The standard InChI is InChI=1S/C34H36N2O4/c1-21-15-27(16-22(2)33(21)37)25-5-7-29-31(19-25)40-32-20-26(28-17-23(3)34(38)24(4)18-28)6-8-30(32)36(29)10-9-35-11-13-39-14-12-35/h5-8,15-20,37-38H,9-14H2,1-4H3. The summed E-state index contributed by atoms with van der Waals surface area (Å²) < 4.78 is 12.2. The van der Waals surface area contributed by atoms with E-state index in [2.05, 4.69) is 46.2 Å². The summed E-state index contributed by atoms with van der Waals surface area (Å²) in [5, 5.41) is 20.6. The highest BCUT2D eigenvalue weighted by atomic mass is 16.5. The van der Waals surface area contributed by atoms with Crippen molar-refractivity contribution in [1.29, 1.82) is 0 Å². The second-order valence-corrected chi connectivity index (χ2v) is 11.0. The Morgan fingerprint density at radius 1 is 0.600 bits per heavy atom. The first-order chi connectivity index (χ1) is 19.3. The van der Waals surface area contributed by atoms with E-state index >= 15 is 0 Å². The molecular weight excluding hydrogens is 500 g/mol. The first-order valence-corrected chi connectivity index (χ1v) is 13.9. The molecule has 4 aromatic carbocycles. The van der Waals surface area contributed by atoms with E-state index in [4.69, 9.17) is 9.47 Å². The van der Waals surface area contributed by atoms with Gasteiger partial charge in [0.05, 0.1) is 24.6 Å². The van der Waals surface area contributed by atoms with E-state index in [9.17, 15) is 10.2 Å². The van der Waals surface area contributed by atoms with Crippen LogP contribution in [0.5, 0.6) is 23.0 Å². The van der Waals surface area contributed by atoms with Crippen molar-refractivity contribution < 1.29 is 19.7 Å². The Balaban J connectivity index is 1.40. The lowest BCUT2D eigenvalue weighted by molar-refractivity contribution is 0.0394. The monoisotopic (exact) mass is 536 g/mol. The average molecular weight is 537 g/mol. The first kappa shape index (κ1) is 26.2. The molecule has 40 heavy (non-hydrogen) atoms. The highest BCUT2D eigenvalue weighted by Crippen LogP contribution is 2.49. The number of hydrogen-bond donors (Lipinski definition) is 2. The van der Waals surface area contributed by atoms with Crippen LogP contribution in [0.4, 0.5) is 11.4 Å². The maximum Gasteiger partial charge on any atom is 0.151 e. The van der Waals surface area contributed by atoms with Crippen LogP contribution in [0.3, 0.4) is 0 Å². The molecule has 0 aromatic heterocycles. The number of morpholine rings is 1. The van der Waals surface area contributed by atoms with E-state index in [1.54, 1.807) is 0 Å². The number of anilines is 2. The van der Waals surface area contributed by atoms with Gasteiger partial charge in [-0.3, -0.25) is 4.90 Å². The molecule has 1 fully saturated rings. The minimum Gasteiger partial charge on any atom is -0.507 e. The predicted octanol–water partition coefficient (Wildman–Crippen LogP) is 7.24. The second-order valence-electron chi connectivity index (χ2n) is 11.0. The van der Waals surface area contributed by atoms with Gasteiger partial charge in [-0.25, -0.2) is 0 Å². The molecule has 0 amide bonds. The van der Waals surface area contributed by atoms with Crippen molar-refractivity contribution in [2.75, 3.05) is 44.3 Å². The van der Waals surface area contributed by atoms with Crippen LogP contribution >= 0.6 is 0 Å². The van der Waals surface area contributed by atoms with Crippen LogP contribution in [0.15, 0.2) is 60.7 Å². The molecule has 6 rings (SSSR count). The Morgan fingerprint density at radius 2 is 1.05 bits per heavy atom. The van der Waals surface area contributed by atoms with Gasteiger partial charge in [0.2, 0.25) is 0 Å². The van der Waals surface area contributed by atoms with Gasteiger partial charge in [0.15, 0.2) is 11.5 Å². The summed E-state index contributed by atoms with van der Waals surface area (Å²) in [4.78, 5) is 4.81. The zero-order valence-corrected chi connectivity index (χ0v) is 23.6. The van der Waals surface area contributed by atoms with Crippen molar-refractivity contribution >= 4 is 11.4 Å². The minimum absolute atomic E-state index is 0.341. The fourth-order valence-corrected chi connectivity index (χ4v) is 5.80. The topological polar surface area (TPSA) is 65.4 Å². The Kier molecular flexibility index (Phi) is 6.90. The number of benzene rings is 4. The number of phenols is 2. The third-order valence-electron chi connectivity index (χ3n) is 8.11. The van der Waals surface area contributed by atoms with Crippen LogP contribution in [0.25, 0.3) is 22.3 Å². The van der Waals surface area contributed by atoms with Crippen molar-refractivity contribution in [1.82, 2.24) is 4.90 Å². The molecule has 0 atom stereocenters. The van der Waals surface area contributed by atoms with E-state index < -0.39 is 0 Å². The summed E-state index contributed by atoms with van der Waals surface area (Å²) >= 11 is 0. The van der Waals surface area contributed by atoms with Gasteiger partial charge >= 0.3 is 0 Å². The van der Waals surface area contributed by atoms with Crippen molar-refractivity contribution in [2.45, 2.75) is 27.7 Å². The van der Waals surface area contributed by atoms with E-state index in [0.29, 0.717) is 11.5 Å². The van der Waals surface area contributed by atoms with Crippen molar-refractivity contribution in [3.05, 3.63) is 82.9 Å². The molecular formula is C34H36N2O4. The van der Waals surface area contributed by atoms with Crippen LogP contribution in [-0.4, -0.2) is 54.5 Å². The molecule has 0 saturated carbocycles. The van der Waals surface area contributed by atoms with Gasteiger partial charge in [0, 0.05) is 26.2 Å². The zero-order chi connectivity index (χ0) is 28.0. The summed E-state index contributed by atoms with van der Waals surface area (Å²) in [6, 6.07) is 20.8. The second kappa shape index (κ2) is 10.5. The van der Waals surface area contributed by atoms with Crippen LogP contribution in [0.2, 0.25) is 0 Å². The van der Waals surface area contributed by atoms with E-state index in [-0.39, 0.29) is 0 Å². The van der Waals surface area contributed by atoms with Gasteiger partial charge in [-0.1, -0.05) is 12.1 Å². The van der Waals surface area contributed by atoms with Gasteiger partial charge in [0.25, 0.3) is 0 Å². The van der Waals surface area contributed by atoms with Crippen molar-refractivity contribution in [3.63, 3.8) is 0 Å². The highest BCUT2D eigenvalue weighted by Gasteiger charge is 2.26. The lowest BCUT2D eigenvalue weighted by Crippen LogP contribution is -2.41. The zero-order valence-electron chi connectivity index (χ0n) is 23.6. The van der Waals surface area contributed by atoms with Crippen LogP contribution in [0.1, 0.15) is 22.3 Å². The molecule has 6 nitrogen and oxygen atoms in total. The normalized spacial score (nSPS) is 14.9. The molecule has 1 saturated heterocycles. The smallest absolute Gasteiger partial charge is 0.151 e. The molecule has 4 aromatic rings. The number of aromatic hydroxyl groups is 2. The Morgan fingerprint density at radius 3 is 1.50 bits per heavy atom. The minimum atomic E-state index is 0.341. The van der Waals surface area contributed by atoms with Gasteiger partial charge < -0.3 is 24.6 Å². The third-order valence-corrected chi connectivity index (χ3v) is 8.11. The van der Waals surface area contributed by atoms with E-state index in [1.165, 1.54) is 0 Å². The van der Waals surface area contributed by atoms with Gasteiger partial charge in [-0.05, 0) is 121 Å². The molecule has 6 heteroatoms. The Hall–Kier alpha value is -4.00. The number of hydrogen-bond acceptors (Lipinski definition) is 6. The SMILES string of the molecule is Cc1cc(-c2ccc3c(c2)Oc2cc(-c4cc(C)c(O)c(C)c4)ccc2N3CCN2CCOCC2)cc(C)c1O. The third kappa shape index (κ3) is 4.89. The molecule has 0 aliphatic carbocycles. The number of aryl methyl sites for hydroxylation is 4. The van der Waals surface area contributed by atoms with Gasteiger partial charge in [-0.2, -0.15) is 0 Å². The summed E-state index contributed by atoms with van der Waals surface area (Å²) in [5.41, 5.74) is 9.70. The maximum atomic E-state index is 10.3. The fraction of sp³-hybridized carbons (Fsp3) is 0.294. The van der Waals surface area contributed by atoms with E-state index in [0.717, 1.165) is 107 Å². The summed E-state index contributed by atoms with van der Waals surface area (Å²) in [5.74, 6) is 2.30. The number of nitrogens with zero attached hydrogens (tertiary/aromatic N) is 2. The molecule has 0 unspecified atom stereocenters. The molecule has 0 spiro atoms. The molecule has 0 bridgehead atoms.